The van der Waals surface area contributed by atoms with E-state index in [4.69, 9.17) is 14.5 Å². The predicted molar refractivity (Wildman–Crippen MR) is 153 cm³/mol. The van der Waals surface area contributed by atoms with E-state index in [0.717, 1.165) is 52.4 Å². The van der Waals surface area contributed by atoms with E-state index < -0.39 is 0 Å². The molecule has 1 amide bonds. The van der Waals surface area contributed by atoms with Crippen molar-refractivity contribution in [1.82, 2.24) is 14.9 Å². The van der Waals surface area contributed by atoms with Gasteiger partial charge in [0.25, 0.3) is 5.91 Å². The predicted octanol–water partition coefficient (Wildman–Crippen LogP) is 6.68. The van der Waals surface area contributed by atoms with Gasteiger partial charge in [0.1, 0.15) is 17.3 Å². The second-order valence-corrected chi connectivity index (χ2v) is 10.9. The first-order valence-corrected chi connectivity index (χ1v) is 13.3. The molecule has 1 atom stereocenters. The molecule has 0 aliphatic carbocycles. The zero-order valence-electron chi connectivity index (χ0n) is 23.4. The third-order valence-corrected chi connectivity index (χ3v) is 6.67. The van der Waals surface area contributed by atoms with E-state index in [9.17, 15) is 4.79 Å². The van der Waals surface area contributed by atoms with Gasteiger partial charge in [0.15, 0.2) is 6.61 Å². The van der Waals surface area contributed by atoms with E-state index in [-0.39, 0.29) is 24.0 Å². The van der Waals surface area contributed by atoms with Crippen LogP contribution in [0.2, 0.25) is 0 Å². The highest BCUT2D eigenvalue weighted by atomic mass is 16.5. The molecule has 0 saturated heterocycles. The Bertz CT molecular complexity index is 1380. The van der Waals surface area contributed by atoms with E-state index in [0.29, 0.717) is 6.61 Å². The summed E-state index contributed by atoms with van der Waals surface area (Å²) in [6, 6.07) is 22.1. The lowest BCUT2D eigenvalue weighted by molar-refractivity contribution is -0.123. The minimum Gasteiger partial charge on any atom is -0.494 e. The van der Waals surface area contributed by atoms with Gasteiger partial charge < -0.3 is 19.4 Å². The maximum atomic E-state index is 12.7. The van der Waals surface area contributed by atoms with E-state index in [1.807, 2.05) is 69.3 Å². The summed E-state index contributed by atoms with van der Waals surface area (Å²) >= 11 is 0. The minimum absolute atomic E-state index is 0.0449. The van der Waals surface area contributed by atoms with Crippen molar-refractivity contribution in [3.63, 3.8) is 0 Å². The fraction of sp³-hybridized carbons (Fsp3) is 0.375. The number of ether oxygens (including phenoxy) is 2. The van der Waals surface area contributed by atoms with Crippen LogP contribution in [0.1, 0.15) is 62.7 Å². The molecule has 1 unspecified atom stereocenters. The minimum atomic E-state index is -0.275. The van der Waals surface area contributed by atoms with Gasteiger partial charge in [-0.2, -0.15) is 0 Å². The molecule has 1 heterocycles. The van der Waals surface area contributed by atoms with Crippen molar-refractivity contribution in [3.05, 3.63) is 89.2 Å². The summed E-state index contributed by atoms with van der Waals surface area (Å²) in [4.78, 5) is 17.6. The molecule has 0 spiro atoms. The summed E-state index contributed by atoms with van der Waals surface area (Å²) in [5, 5.41) is 3.06. The van der Waals surface area contributed by atoms with Gasteiger partial charge >= 0.3 is 0 Å². The van der Waals surface area contributed by atoms with Crippen LogP contribution >= 0.6 is 0 Å². The third-order valence-electron chi connectivity index (χ3n) is 6.67. The van der Waals surface area contributed by atoms with Gasteiger partial charge in [-0.1, -0.05) is 57.2 Å². The van der Waals surface area contributed by atoms with E-state index in [1.165, 1.54) is 5.56 Å². The lowest BCUT2D eigenvalue weighted by Gasteiger charge is -2.19. The van der Waals surface area contributed by atoms with Crippen LogP contribution in [-0.4, -0.2) is 28.7 Å². The van der Waals surface area contributed by atoms with Crippen molar-refractivity contribution >= 4 is 16.9 Å². The molecule has 0 aliphatic rings. The molecule has 1 aromatic heterocycles. The van der Waals surface area contributed by atoms with Crippen molar-refractivity contribution in [2.45, 2.75) is 66.0 Å². The first-order valence-electron chi connectivity index (χ1n) is 13.3. The van der Waals surface area contributed by atoms with Crippen molar-refractivity contribution in [2.75, 3.05) is 13.2 Å². The maximum absolute atomic E-state index is 12.7. The Balaban J connectivity index is 1.38. The molecular weight excluding hydrogens is 474 g/mol. The van der Waals surface area contributed by atoms with Crippen LogP contribution in [0.3, 0.4) is 0 Å². The van der Waals surface area contributed by atoms with E-state index in [1.54, 1.807) is 0 Å². The Morgan fingerprint density at radius 1 is 1.00 bits per heavy atom. The van der Waals surface area contributed by atoms with Crippen molar-refractivity contribution in [1.29, 1.82) is 0 Å². The third kappa shape index (κ3) is 6.74. The number of nitrogens with zero attached hydrogens (tertiary/aromatic N) is 2. The molecule has 4 aromatic rings. The first-order chi connectivity index (χ1) is 18.1. The Kier molecular flexibility index (Phi) is 8.40. The number of para-hydroxylation sites is 2. The van der Waals surface area contributed by atoms with Crippen molar-refractivity contribution in [3.8, 4) is 11.5 Å². The number of nitrogens with one attached hydrogen (secondary N) is 1. The molecule has 0 aliphatic heterocycles. The van der Waals surface area contributed by atoms with Crippen LogP contribution in [0.5, 0.6) is 11.5 Å². The number of carbonyl (C=O) groups excluding carboxylic acids is 1. The van der Waals surface area contributed by atoms with Crippen molar-refractivity contribution < 1.29 is 14.3 Å². The molecule has 3 aromatic carbocycles. The quantitative estimate of drug-likeness (QED) is 0.240. The number of imidazole rings is 1. The van der Waals surface area contributed by atoms with Gasteiger partial charge in [0.05, 0.1) is 23.7 Å². The number of aryl methyl sites for hydroxylation is 3. The SMILES string of the molecule is Cc1ccc(C)c(OCC(=O)NC(C)c2nc3ccccc3n2CCCOc2ccc(C(C)(C)C)cc2)c1. The molecule has 200 valence electrons. The summed E-state index contributed by atoms with van der Waals surface area (Å²) < 4.78 is 14.0. The number of aromatic nitrogens is 2. The molecule has 4 rings (SSSR count). The van der Waals surface area contributed by atoms with Crippen LogP contribution in [-0.2, 0) is 16.8 Å². The molecular formula is C32H39N3O3. The fourth-order valence-corrected chi connectivity index (χ4v) is 4.48. The van der Waals surface area contributed by atoms with Crippen LogP contribution in [0.15, 0.2) is 66.7 Å². The second-order valence-electron chi connectivity index (χ2n) is 10.9. The van der Waals surface area contributed by atoms with Crippen LogP contribution in [0.25, 0.3) is 11.0 Å². The Morgan fingerprint density at radius 2 is 1.74 bits per heavy atom. The van der Waals surface area contributed by atoms with Crippen LogP contribution < -0.4 is 14.8 Å². The molecule has 1 N–H and O–H groups in total. The number of rotatable bonds is 10. The lowest BCUT2D eigenvalue weighted by Crippen LogP contribution is -2.32. The Morgan fingerprint density at radius 3 is 2.47 bits per heavy atom. The largest absolute Gasteiger partial charge is 0.494 e. The second kappa shape index (κ2) is 11.7. The molecule has 0 fully saturated rings. The number of benzene rings is 3. The Labute approximate surface area is 226 Å². The Hall–Kier alpha value is -3.80. The highest BCUT2D eigenvalue weighted by molar-refractivity contribution is 5.79. The van der Waals surface area contributed by atoms with Crippen LogP contribution in [0.4, 0.5) is 0 Å². The molecule has 0 saturated carbocycles. The summed E-state index contributed by atoms with van der Waals surface area (Å²) in [5.41, 5.74) is 5.47. The maximum Gasteiger partial charge on any atom is 0.258 e. The molecule has 0 bridgehead atoms. The smallest absolute Gasteiger partial charge is 0.258 e. The standard InChI is InChI=1S/C32H39N3O3/c1-22-12-13-23(2)29(20-22)38-21-30(36)33-24(3)31-34-27-10-7-8-11-28(27)35(31)18-9-19-37-26-16-14-25(15-17-26)32(4,5)6/h7-8,10-17,20,24H,9,18-19,21H2,1-6H3,(H,33,36). The number of carbonyl (C=O) groups is 1. The number of fused-ring (bicyclic) bond motifs is 1. The van der Waals surface area contributed by atoms with Gasteiger partial charge in [-0.15, -0.1) is 0 Å². The van der Waals surface area contributed by atoms with Gasteiger partial charge in [-0.05, 0) is 79.6 Å². The van der Waals surface area contributed by atoms with Gasteiger partial charge in [-0.3, -0.25) is 4.79 Å². The zero-order valence-corrected chi connectivity index (χ0v) is 23.4. The first kappa shape index (κ1) is 27.2. The van der Waals surface area contributed by atoms with Gasteiger partial charge in [0.2, 0.25) is 0 Å². The summed E-state index contributed by atoms with van der Waals surface area (Å²) in [6.45, 7) is 13.8. The zero-order chi connectivity index (χ0) is 27.3. The molecule has 38 heavy (non-hydrogen) atoms. The summed E-state index contributed by atoms with van der Waals surface area (Å²) in [7, 11) is 0. The monoisotopic (exact) mass is 513 g/mol. The fourth-order valence-electron chi connectivity index (χ4n) is 4.48. The van der Waals surface area contributed by atoms with Crippen molar-refractivity contribution in [2.24, 2.45) is 0 Å². The average Bonchev–Trinajstić information content (AvgIpc) is 3.25. The highest BCUT2D eigenvalue weighted by Crippen LogP contribution is 2.25. The van der Waals surface area contributed by atoms with Gasteiger partial charge in [-0.25, -0.2) is 4.98 Å². The van der Waals surface area contributed by atoms with Crippen LogP contribution in [0, 0.1) is 13.8 Å². The number of hydrogen-bond acceptors (Lipinski definition) is 4. The highest BCUT2D eigenvalue weighted by Gasteiger charge is 2.19. The summed E-state index contributed by atoms with van der Waals surface area (Å²) in [6.07, 6.45) is 0.810. The van der Waals surface area contributed by atoms with Gasteiger partial charge in [0, 0.05) is 6.54 Å². The summed E-state index contributed by atoms with van der Waals surface area (Å²) in [5.74, 6) is 2.24. The number of hydrogen-bond donors (Lipinski definition) is 1. The number of amides is 1. The normalized spacial score (nSPS) is 12.4. The molecule has 6 nitrogen and oxygen atoms in total. The molecule has 0 radical (unpaired) electrons. The lowest BCUT2D eigenvalue weighted by atomic mass is 9.87. The van der Waals surface area contributed by atoms with E-state index in [2.05, 4.69) is 48.9 Å². The molecule has 6 heteroatoms. The van der Waals surface area contributed by atoms with E-state index >= 15 is 0 Å². The topological polar surface area (TPSA) is 65.4 Å². The average molecular weight is 514 g/mol.